The molecule has 2 amide bonds. The predicted octanol–water partition coefficient (Wildman–Crippen LogP) is 3.27. The van der Waals surface area contributed by atoms with Gasteiger partial charge in [-0.3, -0.25) is 0 Å². The lowest BCUT2D eigenvalue weighted by atomic mass is 10.2. The van der Waals surface area contributed by atoms with E-state index in [9.17, 15) is 18.0 Å². The molecular weight excluding hydrogens is 361 g/mol. The third-order valence-electron chi connectivity index (χ3n) is 3.72. The number of urea groups is 1. The minimum atomic E-state index is -4.79. The van der Waals surface area contributed by atoms with Gasteiger partial charge in [-0.05, 0) is 18.2 Å². The highest BCUT2D eigenvalue weighted by Crippen LogP contribution is 2.25. The molecule has 0 unspecified atom stereocenters. The van der Waals surface area contributed by atoms with Crippen LogP contribution in [-0.2, 0) is 13.0 Å². The summed E-state index contributed by atoms with van der Waals surface area (Å²) in [7, 11) is 0. The van der Waals surface area contributed by atoms with Crippen LogP contribution in [0.15, 0.2) is 54.9 Å². The number of carbonyl (C=O) groups is 1. The number of imidazole rings is 1. The van der Waals surface area contributed by atoms with Crippen molar-refractivity contribution >= 4 is 11.7 Å². The summed E-state index contributed by atoms with van der Waals surface area (Å²) in [6.45, 7) is 0.253. The number of carbonyl (C=O) groups excluding carboxylic acids is 1. The van der Waals surface area contributed by atoms with Gasteiger partial charge in [0.05, 0.1) is 5.69 Å². The summed E-state index contributed by atoms with van der Waals surface area (Å²) in [6.07, 6.45) is -0.499. The van der Waals surface area contributed by atoms with Crippen molar-refractivity contribution in [1.82, 2.24) is 20.0 Å². The highest BCUT2D eigenvalue weighted by molar-refractivity contribution is 5.73. The number of pyridine rings is 1. The van der Waals surface area contributed by atoms with E-state index in [2.05, 4.69) is 20.4 Å². The number of hydrogen-bond donors (Lipinski definition) is 2. The van der Waals surface area contributed by atoms with Crippen molar-refractivity contribution in [3.63, 3.8) is 0 Å². The van der Waals surface area contributed by atoms with E-state index in [-0.39, 0.29) is 17.9 Å². The van der Waals surface area contributed by atoms with Crippen molar-refractivity contribution in [2.45, 2.75) is 19.3 Å². The molecule has 27 heavy (non-hydrogen) atoms. The Hall–Kier alpha value is -3.23. The quantitative estimate of drug-likeness (QED) is 0.692. The average molecular weight is 378 g/mol. The van der Waals surface area contributed by atoms with Crippen LogP contribution in [0.2, 0.25) is 0 Å². The van der Waals surface area contributed by atoms with Crippen LogP contribution in [0, 0.1) is 0 Å². The molecule has 0 saturated carbocycles. The van der Waals surface area contributed by atoms with Gasteiger partial charge in [0.1, 0.15) is 11.4 Å². The minimum absolute atomic E-state index is 0.0908. The number of para-hydroxylation sites is 1. The van der Waals surface area contributed by atoms with Crippen molar-refractivity contribution in [3.05, 3.63) is 66.1 Å². The smallest absolute Gasteiger partial charge is 0.405 e. The van der Waals surface area contributed by atoms with Crippen LogP contribution in [0.5, 0.6) is 5.75 Å². The second-order valence-corrected chi connectivity index (χ2v) is 5.71. The first-order valence-electron chi connectivity index (χ1n) is 8.19. The summed E-state index contributed by atoms with van der Waals surface area (Å²) >= 11 is 0. The Balaban J connectivity index is 1.47. The molecule has 0 spiro atoms. The van der Waals surface area contributed by atoms with Crippen LogP contribution in [-0.4, -0.2) is 28.3 Å². The third-order valence-corrected chi connectivity index (χ3v) is 3.72. The number of alkyl halides is 3. The maximum absolute atomic E-state index is 12.4. The Morgan fingerprint density at radius 1 is 1.11 bits per heavy atom. The van der Waals surface area contributed by atoms with Gasteiger partial charge < -0.3 is 19.8 Å². The molecule has 6 nitrogen and oxygen atoms in total. The second kappa shape index (κ2) is 7.98. The van der Waals surface area contributed by atoms with Gasteiger partial charge in [0.25, 0.3) is 0 Å². The van der Waals surface area contributed by atoms with Gasteiger partial charge in [-0.2, -0.15) is 0 Å². The van der Waals surface area contributed by atoms with Gasteiger partial charge >= 0.3 is 12.4 Å². The van der Waals surface area contributed by atoms with Crippen LogP contribution in [0.25, 0.3) is 5.65 Å². The van der Waals surface area contributed by atoms with Gasteiger partial charge in [0.2, 0.25) is 0 Å². The van der Waals surface area contributed by atoms with E-state index in [4.69, 9.17) is 0 Å². The largest absolute Gasteiger partial charge is 0.573 e. The van der Waals surface area contributed by atoms with Gasteiger partial charge in [-0.1, -0.05) is 24.3 Å². The number of halogens is 3. The first kappa shape index (κ1) is 18.6. The van der Waals surface area contributed by atoms with E-state index < -0.39 is 12.4 Å². The molecule has 0 bridgehead atoms. The van der Waals surface area contributed by atoms with Crippen LogP contribution < -0.4 is 15.4 Å². The van der Waals surface area contributed by atoms with Crippen LogP contribution in [0.4, 0.5) is 18.0 Å². The van der Waals surface area contributed by atoms with Crippen molar-refractivity contribution in [1.29, 1.82) is 0 Å². The summed E-state index contributed by atoms with van der Waals surface area (Å²) < 4.78 is 43.0. The molecule has 9 heteroatoms. The molecule has 2 N–H and O–H groups in total. The van der Waals surface area contributed by atoms with E-state index >= 15 is 0 Å². The number of nitrogens with one attached hydrogen (secondary N) is 2. The summed E-state index contributed by atoms with van der Waals surface area (Å²) in [5.41, 5.74) is 1.87. The van der Waals surface area contributed by atoms with E-state index in [1.54, 1.807) is 6.07 Å². The summed E-state index contributed by atoms with van der Waals surface area (Å²) in [6, 6.07) is 10.8. The topological polar surface area (TPSA) is 67.7 Å². The number of aromatic nitrogens is 2. The fourth-order valence-electron chi connectivity index (χ4n) is 2.52. The standard InChI is InChI=1S/C18H17F3N4O2/c19-18(20,21)27-15-6-2-1-5-13(15)11-23-17(26)22-9-8-14-12-25-10-4-3-7-16(25)24-14/h1-7,10,12H,8-9,11H2,(H2,22,23,26). The number of rotatable bonds is 6. The summed E-state index contributed by atoms with van der Waals surface area (Å²) in [5.74, 6) is -0.338. The minimum Gasteiger partial charge on any atom is -0.405 e. The number of fused-ring (bicyclic) bond motifs is 1. The highest BCUT2D eigenvalue weighted by Gasteiger charge is 2.31. The molecule has 0 aliphatic heterocycles. The van der Waals surface area contributed by atoms with Crippen LogP contribution >= 0.6 is 0 Å². The lowest BCUT2D eigenvalue weighted by Gasteiger charge is -2.13. The van der Waals surface area contributed by atoms with Gasteiger partial charge in [0.15, 0.2) is 0 Å². The monoisotopic (exact) mass is 378 g/mol. The maximum Gasteiger partial charge on any atom is 0.573 e. The number of hydrogen-bond acceptors (Lipinski definition) is 3. The van der Waals surface area contributed by atoms with Crippen molar-refractivity contribution in [3.8, 4) is 5.75 Å². The fourth-order valence-corrected chi connectivity index (χ4v) is 2.52. The maximum atomic E-state index is 12.4. The molecule has 3 aromatic rings. The molecule has 0 atom stereocenters. The Labute approximate surface area is 153 Å². The molecule has 1 aromatic carbocycles. The lowest BCUT2D eigenvalue weighted by molar-refractivity contribution is -0.274. The summed E-state index contributed by atoms with van der Waals surface area (Å²) in [5, 5.41) is 5.17. The zero-order valence-corrected chi connectivity index (χ0v) is 14.2. The second-order valence-electron chi connectivity index (χ2n) is 5.71. The molecule has 2 aromatic heterocycles. The molecule has 3 rings (SSSR count). The van der Waals surface area contributed by atoms with E-state index in [0.29, 0.717) is 13.0 Å². The average Bonchev–Trinajstić information content (AvgIpc) is 3.02. The van der Waals surface area contributed by atoms with Gasteiger partial charge in [-0.25, -0.2) is 9.78 Å². The molecule has 0 radical (unpaired) electrons. The molecule has 142 valence electrons. The molecule has 0 saturated heterocycles. The first-order valence-corrected chi connectivity index (χ1v) is 8.19. The number of ether oxygens (including phenoxy) is 1. The van der Waals surface area contributed by atoms with Crippen LogP contribution in [0.1, 0.15) is 11.3 Å². The Morgan fingerprint density at radius 3 is 2.67 bits per heavy atom. The Kier molecular flexibility index (Phi) is 5.49. The zero-order chi connectivity index (χ0) is 19.3. The summed E-state index contributed by atoms with van der Waals surface area (Å²) in [4.78, 5) is 16.3. The van der Waals surface area contributed by atoms with Crippen molar-refractivity contribution in [2.75, 3.05) is 6.54 Å². The van der Waals surface area contributed by atoms with E-state index in [1.165, 1.54) is 18.2 Å². The van der Waals surface area contributed by atoms with Gasteiger partial charge in [0, 0.05) is 37.5 Å². The van der Waals surface area contributed by atoms with Crippen molar-refractivity contribution in [2.24, 2.45) is 0 Å². The molecule has 0 aliphatic rings. The number of benzene rings is 1. The molecule has 0 aliphatic carbocycles. The normalized spacial score (nSPS) is 11.4. The predicted molar refractivity (Wildman–Crippen MR) is 92.3 cm³/mol. The third kappa shape index (κ3) is 5.37. The molecule has 0 fully saturated rings. The van der Waals surface area contributed by atoms with Gasteiger partial charge in [-0.15, -0.1) is 13.2 Å². The SMILES string of the molecule is O=C(NCCc1cn2ccccc2n1)NCc1ccccc1OC(F)(F)F. The Morgan fingerprint density at radius 2 is 1.89 bits per heavy atom. The fraction of sp³-hybridized carbons (Fsp3) is 0.222. The molecule has 2 heterocycles. The zero-order valence-electron chi connectivity index (χ0n) is 14.2. The van der Waals surface area contributed by atoms with Crippen LogP contribution in [0.3, 0.4) is 0 Å². The Bertz CT molecular complexity index is 891. The first-order chi connectivity index (χ1) is 12.9. The lowest BCUT2D eigenvalue weighted by Crippen LogP contribution is -2.36. The van der Waals surface area contributed by atoms with E-state index in [1.807, 2.05) is 35.0 Å². The molecular formula is C18H17F3N4O2. The number of amides is 2. The van der Waals surface area contributed by atoms with Crippen molar-refractivity contribution < 1.29 is 22.7 Å². The highest BCUT2D eigenvalue weighted by atomic mass is 19.4. The number of nitrogens with zero attached hydrogens (tertiary/aromatic N) is 2. The van der Waals surface area contributed by atoms with E-state index in [0.717, 1.165) is 11.3 Å².